The van der Waals surface area contributed by atoms with E-state index in [1.54, 1.807) is 0 Å². The molecule has 3 heterocycles. The first kappa shape index (κ1) is 27.1. The molecule has 0 spiro atoms. The van der Waals surface area contributed by atoms with Crippen LogP contribution >= 0.6 is 0 Å². The summed E-state index contributed by atoms with van der Waals surface area (Å²) in [6, 6.07) is 47.7. The SMILES string of the molecule is [2H]c1c([2H])c([2H])c(N2c3cc(C(C)C)ccc3B3c4cccc5c4N(c4ccccc4[Si]5(c4ccccc4)c4ccccc4)c4cc(C(C)(C)C)cc2c43)c([2H])c1[2H]. The van der Waals surface area contributed by atoms with E-state index in [-0.39, 0.29) is 47.9 Å². The highest BCUT2D eigenvalue weighted by molar-refractivity contribution is 7.22. The number of benzene rings is 7. The molecule has 0 saturated carbocycles. The van der Waals surface area contributed by atoms with Crippen molar-refractivity contribution < 1.29 is 6.85 Å². The summed E-state index contributed by atoms with van der Waals surface area (Å²) in [5, 5.41) is 5.30. The van der Waals surface area contributed by atoms with Crippen molar-refractivity contribution >= 4 is 86.0 Å². The minimum atomic E-state index is -2.92. The van der Waals surface area contributed by atoms with Gasteiger partial charge in [0, 0.05) is 34.1 Å². The van der Waals surface area contributed by atoms with Crippen molar-refractivity contribution in [2.24, 2.45) is 0 Å². The zero-order valence-corrected chi connectivity index (χ0v) is 31.8. The van der Waals surface area contributed by atoms with Crippen molar-refractivity contribution in [3.05, 3.63) is 175 Å². The molecule has 256 valence electrons. The van der Waals surface area contributed by atoms with Gasteiger partial charge in [0.05, 0.1) is 6.85 Å². The highest BCUT2D eigenvalue weighted by atomic mass is 28.3. The molecule has 0 unspecified atom stereocenters. The molecule has 0 amide bonds. The number of hydrogen-bond acceptors (Lipinski definition) is 2. The first-order chi connectivity index (χ1) is 27.9. The quantitative estimate of drug-likeness (QED) is 0.172. The van der Waals surface area contributed by atoms with Crippen molar-refractivity contribution in [1.82, 2.24) is 0 Å². The molecule has 3 aliphatic rings. The summed E-state index contributed by atoms with van der Waals surface area (Å²) in [4.78, 5) is 4.49. The van der Waals surface area contributed by atoms with Gasteiger partial charge < -0.3 is 9.80 Å². The number of rotatable bonds is 4. The van der Waals surface area contributed by atoms with E-state index in [2.05, 4.69) is 173 Å². The smallest absolute Gasteiger partial charge is 0.252 e. The van der Waals surface area contributed by atoms with Gasteiger partial charge in [0.1, 0.15) is 0 Å². The zero-order chi connectivity index (χ0) is 40.4. The van der Waals surface area contributed by atoms with Crippen LogP contribution in [0.1, 0.15) is 58.5 Å². The Bertz CT molecular complexity index is 2770. The highest BCUT2D eigenvalue weighted by Gasteiger charge is 2.53. The lowest BCUT2D eigenvalue weighted by molar-refractivity contribution is 0.590. The molecule has 2 nitrogen and oxygen atoms in total. The third kappa shape index (κ3) is 4.52. The monoisotopic (exact) mass is 703 g/mol. The number of hydrogen-bond donors (Lipinski definition) is 0. The lowest BCUT2D eigenvalue weighted by Gasteiger charge is -2.51. The van der Waals surface area contributed by atoms with Gasteiger partial charge in [-0.1, -0.05) is 162 Å². The maximum atomic E-state index is 9.35. The standard InChI is InChI=1S/C49H43BN2Si/c1-33(2)34-28-29-39-42(30-34)51(36-18-9-6-10-19-36)43-31-35(49(3,4)5)32-44-47(43)50(39)40-24-17-27-46-48(40)52(44)41-25-15-16-26-45(41)53(46,37-20-11-7-12-21-37)38-22-13-8-14-23-38/h6-33H,1-5H3/i6D,9D,10D,18D,19D. The van der Waals surface area contributed by atoms with E-state index in [4.69, 9.17) is 4.11 Å². The predicted molar refractivity (Wildman–Crippen MR) is 230 cm³/mol. The van der Waals surface area contributed by atoms with Gasteiger partial charge in [-0.15, -0.1) is 0 Å². The summed E-state index contributed by atoms with van der Waals surface area (Å²) in [7, 11) is -2.92. The Morgan fingerprint density at radius 2 is 1.21 bits per heavy atom. The third-order valence-corrected chi connectivity index (χ3v) is 16.6. The van der Waals surface area contributed by atoms with Crippen LogP contribution in [0.5, 0.6) is 0 Å². The van der Waals surface area contributed by atoms with Crippen molar-refractivity contribution in [2.75, 3.05) is 9.80 Å². The minimum Gasteiger partial charge on any atom is -0.312 e. The van der Waals surface area contributed by atoms with Gasteiger partial charge in [-0.2, -0.15) is 0 Å². The molecule has 0 aliphatic carbocycles. The lowest BCUT2D eigenvalue weighted by Crippen LogP contribution is -2.79. The lowest BCUT2D eigenvalue weighted by atomic mass is 9.33. The van der Waals surface area contributed by atoms with E-state index < -0.39 is 14.1 Å². The summed E-state index contributed by atoms with van der Waals surface area (Å²) in [5.41, 5.74) is 10.5. The fraction of sp³-hybridized carbons (Fsp3) is 0.143. The molecule has 0 radical (unpaired) electrons. The second-order valence-electron chi connectivity index (χ2n) is 16.0. The van der Waals surface area contributed by atoms with Gasteiger partial charge in [-0.05, 0) is 95.9 Å². The fourth-order valence-electron chi connectivity index (χ4n) is 9.30. The Labute approximate surface area is 322 Å². The molecule has 7 aromatic rings. The number of anilines is 6. The van der Waals surface area contributed by atoms with Crippen molar-refractivity contribution in [3.8, 4) is 0 Å². The van der Waals surface area contributed by atoms with Gasteiger partial charge in [0.2, 0.25) is 0 Å². The molecule has 0 aromatic heterocycles. The highest BCUT2D eigenvalue weighted by Crippen LogP contribution is 2.47. The molecule has 0 N–H and O–H groups in total. The molecule has 0 bridgehead atoms. The molecule has 0 fully saturated rings. The predicted octanol–water partition coefficient (Wildman–Crippen LogP) is 7.88. The van der Waals surface area contributed by atoms with Crippen molar-refractivity contribution in [3.63, 3.8) is 0 Å². The molecule has 10 rings (SSSR count). The van der Waals surface area contributed by atoms with Crippen LogP contribution < -0.4 is 46.9 Å². The average Bonchev–Trinajstić information content (AvgIpc) is 3.23. The van der Waals surface area contributed by atoms with E-state index in [0.29, 0.717) is 0 Å². The summed E-state index contributed by atoms with van der Waals surface area (Å²) < 4.78 is 44.8. The third-order valence-electron chi connectivity index (χ3n) is 11.7. The Morgan fingerprint density at radius 3 is 1.87 bits per heavy atom. The van der Waals surface area contributed by atoms with E-state index >= 15 is 0 Å². The van der Waals surface area contributed by atoms with Crippen molar-refractivity contribution in [2.45, 2.75) is 46.0 Å². The minimum absolute atomic E-state index is 0.165. The summed E-state index contributed by atoms with van der Waals surface area (Å²) in [6.45, 7) is 10.8. The Balaban J connectivity index is 1.40. The average molecular weight is 704 g/mol. The number of nitrogens with zero attached hydrogens (tertiary/aromatic N) is 2. The second-order valence-corrected chi connectivity index (χ2v) is 19.7. The summed E-state index contributed by atoms with van der Waals surface area (Å²) in [5.74, 6) is 0.205. The van der Waals surface area contributed by atoms with E-state index in [1.165, 1.54) is 31.9 Å². The maximum absolute atomic E-state index is 9.35. The molecule has 53 heavy (non-hydrogen) atoms. The van der Waals surface area contributed by atoms with Gasteiger partial charge in [0.15, 0.2) is 8.07 Å². The zero-order valence-electron chi connectivity index (χ0n) is 35.8. The van der Waals surface area contributed by atoms with Crippen LogP contribution in [0.15, 0.2) is 164 Å². The van der Waals surface area contributed by atoms with Crippen LogP contribution in [0, 0.1) is 0 Å². The van der Waals surface area contributed by atoms with E-state index in [1.807, 2.05) is 4.90 Å². The van der Waals surface area contributed by atoms with Crippen molar-refractivity contribution in [1.29, 1.82) is 0 Å². The Morgan fingerprint density at radius 1 is 0.585 bits per heavy atom. The number of para-hydroxylation sites is 3. The van der Waals surface area contributed by atoms with E-state index in [0.717, 1.165) is 44.8 Å². The molecule has 0 atom stereocenters. The van der Waals surface area contributed by atoms with Crippen LogP contribution in [0.2, 0.25) is 0 Å². The van der Waals surface area contributed by atoms with Crippen LogP contribution in [0.4, 0.5) is 34.1 Å². The van der Waals surface area contributed by atoms with Gasteiger partial charge in [-0.3, -0.25) is 0 Å². The van der Waals surface area contributed by atoms with Crippen LogP contribution in [0.3, 0.4) is 0 Å². The van der Waals surface area contributed by atoms with Crippen LogP contribution in [-0.2, 0) is 5.41 Å². The Kier molecular flexibility index (Phi) is 5.99. The van der Waals surface area contributed by atoms with Crippen LogP contribution in [-0.4, -0.2) is 14.8 Å². The van der Waals surface area contributed by atoms with Crippen LogP contribution in [0.25, 0.3) is 0 Å². The molecular weight excluding hydrogens is 655 g/mol. The topological polar surface area (TPSA) is 6.48 Å². The summed E-state index contributed by atoms with van der Waals surface area (Å²) in [6.07, 6.45) is 0. The molecular formula is C49H43BN2Si. The first-order valence-electron chi connectivity index (χ1n) is 21.2. The number of fused-ring (bicyclic) bond motifs is 6. The van der Waals surface area contributed by atoms with Gasteiger partial charge in [0.25, 0.3) is 6.71 Å². The fourth-order valence-corrected chi connectivity index (χ4v) is 14.4. The van der Waals surface area contributed by atoms with Gasteiger partial charge >= 0.3 is 0 Å². The second kappa shape index (κ2) is 11.7. The molecule has 0 saturated heterocycles. The summed E-state index contributed by atoms with van der Waals surface area (Å²) >= 11 is 0. The Hall–Kier alpha value is -5.58. The molecule has 3 aliphatic heterocycles. The first-order valence-corrected chi connectivity index (χ1v) is 20.7. The maximum Gasteiger partial charge on any atom is 0.252 e. The molecule has 4 heteroatoms. The largest absolute Gasteiger partial charge is 0.312 e. The van der Waals surface area contributed by atoms with Gasteiger partial charge in [-0.25, -0.2) is 0 Å². The normalized spacial score (nSPS) is 16.0. The van der Waals surface area contributed by atoms with E-state index in [9.17, 15) is 2.74 Å². The molecule has 7 aromatic carbocycles.